The first kappa shape index (κ1) is 31.5. The van der Waals surface area contributed by atoms with E-state index in [0.29, 0.717) is 11.1 Å². The molecule has 2 atom stereocenters. The molecular weight excluding hydrogens is 522 g/mol. The van der Waals surface area contributed by atoms with Gasteiger partial charge in [-0.25, -0.2) is 4.79 Å². The van der Waals surface area contributed by atoms with Crippen molar-refractivity contribution in [3.8, 4) is 11.5 Å². The van der Waals surface area contributed by atoms with Crippen molar-refractivity contribution in [2.75, 3.05) is 6.54 Å². The maximum absolute atomic E-state index is 14.3. The molecule has 1 fully saturated rings. The summed E-state index contributed by atoms with van der Waals surface area (Å²) in [5.74, 6) is -0.963. The molecule has 3 amide bonds. The van der Waals surface area contributed by atoms with Crippen molar-refractivity contribution in [2.24, 2.45) is 0 Å². The number of para-hydroxylation sites is 1. The van der Waals surface area contributed by atoms with E-state index in [1.807, 2.05) is 0 Å². The number of ether oxygens (including phenoxy) is 1. The molecule has 0 bridgehead atoms. The van der Waals surface area contributed by atoms with Gasteiger partial charge in [-0.2, -0.15) is 0 Å². The van der Waals surface area contributed by atoms with Crippen LogP contribution in [0.2, 0.25) is 0 Å². The zero-order valence-electron chi connectivity index (χ0n) is 24.5. The number of nitrogens with zero attached hydrogens (tertiary/aromatic N) is 1. The molecule has 0 heterocycles. The highest BCUT2D eigenvalue weighted by Crippen LogP contribution is 2.33. The Hall–Kier alpha value is -4.01. The van der Waals surface area contributed by atoms with Gasteiger partial charge in [-0.3, -0.25) is 9.59 Å². The number of aromatic hydroxyl groups is 2. The summed E-state index contributed by atoms with van der Waals surface area (Å²) in [6.45, 7) is 10.7. The van der Waals surface area contributed by atoms with Crippen LogP contribution in [-0.4, -0.2) is 57.3 Å². The Morgan fingerprint density at radius 2 is 1.73 bits per heavy atom. The van der Waals surface area contributed by atoms with E-state index in [1.165, 1.54) is 23.1 Å². The molecule has 2 unspecified atom stereocenters. The number of alkyl carbamates (subject to hydrolysis) is 1. The fourth-order valence-corrected chi connectivity index (χ4v) is 5.06. The summed E-state index contributed by atoms with van der Waals surface area (Å²) in [6.07, 6.45) is 5.62. The Morgan fingerprint density at radius 3 is 2.34 bits per heavy atom. The highest BCUT2D eigenvalue weighted by atomic mass is 16.6. The lowest BCUT2D eigenvalue weighted by molar-refractivity contribution is -0.142. The van der Waals surface area contributed by atoms with E-state index in [2.05, 4.69) is 17.2 Å². The zero-order chi connectivity index (χ0) is 30.2. The lowest BCUT2D eigenvalue weighted by Crippen LogP contribution is -2.54. The second-order valence-electron chi connectivity index (χ2n) is 11.6. The van der Waals surface area contributed by atoms with Crippen LogP contribution in [0.4, 0.5) is 4.79 Å². The molecule has 1 aliphatic rings. The van der Waals surface area contributed by atoms with Crippen LogP contribution in [-0.2, 0) is 20.7 Å². The van der Waals surface area contributed by atoms with Crippen molar-refractivity contribution < 1.29 is 29.3 Å². The Labute approximate surface area is 242 Å². The van der Waals surface area contributed by atoms with E-state index in [-0.39, 0.29) is 36.1 Å². The normalized spacial score (nSPS) is 15.3. The maximum atomic E-state index is 14.3. The highest BCUT2D eigenvalue weighted by molar-refractivity contribution is 5.93. The van der Waals surface area contributed by atoms with Gasteiger partial charge in [0.25, 0.3) is 0 Å². The van der Waals surface area contributed by atoms with Crippen molar-refractivity contribution in [1.82, 2.24) is 15.5 Å². The number of phenolic OH excluding ortho intramolecular Hbond substituents is 2. The van der Waals surface area contributed by atoms with Gasteiger partial charge in [-0.05, 0) is 63.8 Å². The molecule has 0 saturated heterocycles. The fourth-order valence-electron chi connectivity index (χ4n) is 5.06. The Morgan fingerprint density at radius 1 is 1.07 bits per heavy atom. The van der Waals surface area contributed by atoms with E-state index in [9.17, 15) is 24.6 Å². The van der Waals surface area contributed by atoms with Gasteiger partial charge >= 0.3 is 6.09 Å². The Kier molecular flexibility index (Phi) is 10.8. The Balaban J connectivity index is 2.03. The number of benzene rings is 2. The van der Waals surface area contributed by atoms with Crippen molar-refractivity contribution in [3.63, 3.8) is 0 Å². The molecule has 4 N–H and O–H groups in total. The van der Waals surface area contributed by atoms with Crippen molar-refractivity contribution in [2.45, 2.75) is 89.9 Å². The molecule has 0 aromatic heterocycles. The molecule has 9 nitrogen and oxygen atoms in total. The number of carbonyl (C=O) groups is 3. The molecule has 222 valence electrons. The number of hydrogen-bond donors (Lipinski definition) is 4. The van der Waals surface area contributed by atoms with Gasteiger partial charge in [-0.15, -0.1) is 6.58 Å². The van der Waals surface area contributed by atoms with Crippen LogP contribution in [0.15, 0.2) is 55.1 Å². The van der Waals surface area contributed by atoms with Gasteiger partial charge in [0.1, 0.15) is 29.2 Å². The first-order chi connectivity index (χ1) is 19.4. The largest absolute Gasteiger partial charge is 0.508 e. The first-order valence-electron chi connectivity index (χ1n) is 14.2. The summed E-state index contributed by atoms with van der Waals surface area (Å²) >= 11 is 0. The van der Waals surface area contributed by atoms with Crippen LogP contribution in [0.25, 0.3) is 0 Å². The van der Waals surface area contributed by atoms with Crippen LogP contribution in [0, 0.1) is 6.92 Å². The lowest BCUT2D eigenvalue weighted by atomic mass is 9.94. The van der Waals surface area contributed by atoms with Crippen LogP contribution in [0.3, 0.4) is 0 Å². The smallest absolute Gasteiger partial charge is 0.408 e. The molecule has 1 saturated carbocycles. The molecule has 0 radical (unpaired) electrons. The minimum Gasteiger partial charge on any atom is -0.508 e. The van der Waals surface area contributed by atoms with Crippen molar-refractivity contribution >= 4 is 17.9 Å². The number of nitrogens with one attached hydrogen (secondary N) is 2. The van der Waals surface area contributed by atoms with Crippen molar-refractivity contribution in [1.29, 1.82) is 0 Å². The fraction of sp³-hybridized carbons (Fsp3) is 0.469. The molecule has 2 aromatic carbocycles. The number of hydrogen-bond acceptors (Lipinski definition) is 6. The third-order valence-corrected chi connectivity index (χ3v) is 7.05. The van der Waals surface area contributed by atoms with Gasteiger partial charge in [0, 0.05) is 24.6 Å². The molecule has 1 aliphatic carbocycles. The second-order valence-corrected chi connectivity index (χ2v) is 11.6. The standard InChI is InChI=1S/C32H43N3O6/c1-6-19-35(27(25-14-10-11-21(2)28(25)37)29(38)33-23-12-8-7-9-13-23)30(39)26(34-31(40)41-32(3,4)5)20-22-15-17-24(36)18-16-22/h6,10-11,14-18,23,26-27,36-37H,1,7-9,12-13,19-20H2,2-5H3,(H,33,38)(H,34,40). The van der Waals surface area contributed by atoms with Crippen LogP contribution in [0.5, 0.6) is 11.5 Å². The van der Waals surface area contributed by atoms with E-state index in [1.54, 1.807) is 58.0 Å². The minimum absolute atomic E-state index is 0.0168. The van der Waals surface area contributed by atoms with Gasteiger partial charge in [0.2, 0.25) is 11.8 Å². The van der Waals surface area contributed by atoms with Crippen LogP contribution < -0.4 is 10.6 Å². The first-order valence-corrected chi connectivity index (χ1v) is 14.2. The van der Waals surface area contributed by atoms with E-state index in [0.717, 1.165) is 32.1 Å². The van der Waals surface area contributed by atoms with Gasteiger partial charge in [0.15, 0.2) is 0 Å². The summed E-state index contributed by atoms with van der Waals surface area (Å²) in [6, 6.07) is 9.08. The summed E-state index contributed by atoms with van der Waals surface area (Å²) in [7, 11) is 0. The molecule has 0 spiro atoms. The number of aryl methyl sites for hydroxylation is 1. The number of amides is 3. The van der Waals surface area contributed by atoms with Crippen LogP contribution >= 0.6 is 0 Å². The third kappa shape index (κ3) is 8.99. The predicted octanol–water partition coefficient (Wildman–Crippen LogP) is 5.05. The quantitative estimate of drug-likeness (QED) is 0.299. The predicted molar refractivity (Wildman–Crippen MR) is 157 cm³/mol. The molecule has 9 heteroatoms. The molecular formula is C32H43N3O6. The SMILES string of the molecule is C=CCN(C(=O)C(Cc1ccc(O)cc1)NC(=O)OC(C)(C)C)C(C(=O)NC1CCCCC1)c1cccc(C)c1O. The third-order valence-electron chi connectivity index (χ3n) is 7.05. The Bertz CT molecular complexity index is 1210. The van der Waals surface area contributed by atoms with Gasteiger partial charge in [-0.1, -0.05) is 55.7 Å². The van der Waals surface area contributed by atoms with Crippen LogP contribution in [0.1, 0.15) is 75.6 Å². The van der Waals surface area contributed by atoms with Crippen molar-refractivity contribution in [3.05, 3.63) is 71.8 Å². The van der Waals surface area contributed by atoms with Gasteiger partial charge < -0.3 is 30.5 Å². The van der Waals surface area contributed by atoms with E-state index in [4.69, 9.17) is 4.74 Å². The summed E-state index contributed by atoms with van der Waals surface area (Å²) < 4.78 is 5.44. The summed E-state index contributed by atoms with van der Waals surface area (Å²) in [5, 5.41) is 26.6. The zero-order valence-corrected chi connectivity index (χ0v) is 24.5. The summed E-state index contributed by atoms with van der Waals surface area (Å²) in [5.41, 5.74) is 0.732. The highest BCUT2D eigenvalue weighted by Gasteiger charge is 2.38. The average molecular weight is 566 g/mol. The van der Waals surface area contributed by atoms with E-state index >= 15 is 0 Å². The number of carbonyl (C=O) groups excluding carboxylic acids is 3. The average Bonchev–Trinajstić information content (AvgIpc) is 2.90. The molecule has 3 rings (SSSR count). The lowest BCUT2D eigenvalue weighted by Gasteiger charge is -2.35. The summed E-state index contributed by atoms with van der Waals surface area (Å²) in [4.78, 5) is 42.4. The second kappa shape index (κ2) is 14.1. The van der Waals surface area contributed by atoms with Gasteiger partial charge in [0.05, 0.1) is 0 Å². The monoisotopic (exact) mass is 565 g/mol. The molecule has 2 aromatic rings. The molecule has 0 aliphatic heterocycles. The minimum atomic E-state index is -1.18. The number of phenols is 2. The molecule has 41 heavy (non-hydrogen) atoms. The van der Waals surface area contributed by atoms with E-state index < -0.39 is 35.6 Å². The maximum Gasteiger partial charge on any atom is 0.408 e. The topological polar surface area (TPSA) is 128 Å². The number of rotatable bonds is 10.